The average molecular weight is 972 g/mol. The van der Waals surface area contributed by atoms with Gasteiger partial charge in [-0.05, 0) is 47.1 Å². The number of rotatable bonds is 34. The quantitative estimate of drug-likeness (QED) is 0.0346. The lowest BCUT2D eigenvalue weighted by molar-refractivity contribution is -0.274. The minimum atomic E-state index is -1.27. The van der Waals surface area contributed by atoms with E-state index >= 15 is 0 Å². The fourth-order valence-electron chi connectivity index (χ4n) is 9.34. The SMILES string of the molecule is CCCCCCCCCCCCCCC(O)[C@@H](O)[C@H](CC[C@H]1OC(COCc2ccccc2)[C@H](OCc2ccccc2)[C@@H](OCc2ccccc2)C1OCc1ccccc1)NC(=O)OCc1ccccc1. The molecule has 384 valence electrons. The topological polar surface area (TPSA) is 125 Å². The van der Waals surface area contributed by atoms with Crippen LogP contribution < -0.4 is 5.32 Å². The molecule has 1 fully saturated rings. The Hall–Kier alpha value is -4.91. The molecule has 5 aromatic rings. The van der Waals surface area contributed by atoms with Crippen LogP contribution in [0, 0.1) is 0 Å². The summed E-state index contributed by atoms with van der Waals surface area (Å²) in [5.41, 5.74) is 4.87. The Morgan fingerprint density at radius 3 is 1.35 bits per heavy atom. The summed E-state index contributed by atoms with van der Waals surface area (Å²) in [6.45, 7) is 3.79. The van der Waals surface area contributed by atoms with Crippen LogP contribution in [-0.4, -0.2) is 71.7 Å². The second kappa shape index (κ2) is 32.9. The van der Waals surface area contributed by atoms with Crippen LogP contribution in [-0.2, 0) is 61.5 Å². The number of hydrogen-bond donors (Lipinski definition) is 3. The van der Waals surface area contributed by atoms with Crippen LogP contribution in [0.3, 0.4) is 0 Å². The highest BCUT2D eigenvalue weighted by molar-refractivity contribution is 5.67. The zero-order chi connectivity index (χ0) is 49.6. The van der Waals surface area contributed by atoms with Crippen molar-refractivity contribution in [3.8, 4) is 0 Å². The number of unbranched alkanes of at least 4 members (excludes halogenated alkanes) is 11. The van der Waals surface area contributed by atoms with Crippen molar-refractivity contribution in [2.24, 2.45) is 0 Å². The number of ether oxygens (including phenoxy) is 6. The molecule has 0 radical (unpaired) electrons. The second-order valence-corrected chi connectivity index (χ2v) is 19.1. The molecule has 10 heteroatoms. The van der Waals surface area contributed by atoms with Crippen LogP contribution in [0.5, 0.6) is 0 Å². The van der Waals surface area contributed by atoms with Crippen molar-refractivity contribution in [2.45, 2.75) is 185 Å². The maximum Gasteiger partial charge on any atom is 0.407 e. The third-order valence-corrected chi connectivity index (χ3v) is 13.4. The van der Waals surface area contributed by atoms with Crippen LogP contribution in [0.25, 0.3) is 0 Å². The van der Waals surface area contributed by atoms with Gasteiger partial charge in [0, 0.05) is 0 Å². The first kappa shape index (κ1) is 55.4. The van der Waals surface area contributed by atoms with Gasteiger partial charge in [0.15, 0.2) is 0 Å². The van der Waals surface area contributed by atoms with Gasteiger partial charge in [-0.25, -0.2) is 4.79 Å². The summed E-state index contributed by atoms with van der Waals surface area (Å²) in [7, 11) is 0. The molecule has 0 bridgehead atoms. The Bertz CT molecular complexity index is 2100. The van der Waals surface area contributed by atoms with E-state index in [9.17, 15) is 15.0 Å². The summed E-state index contributed by atoms with van der Waals surface area (Å²) in [5.74, 6) is 0. The average Bonchev–Trinajstić information content (AvgIpc) is 3.41. The van der Waals surface area contributed by atoms with E-state index in [1.807, 2.05) is 152 Å². The molecular weight excluding hydrogens is 891 g/mol. The van der Waals surface area contributed by atoms with Gasteiger partial charge in [0.05, 0.1) is 51.3 Å². The van der Waals surface area contributed by atoms with Crippen LogP contribution in [0.1, 0.15) is 131 Å². The summed E-state index contributed by atoms with van der Waals surface area (Å²) >= 11 is 0. The fraction of sp³-hybridized carbons (Fsp3) is 0.492. The zero-order valence-corrected chi connectivity index (χ0v) is 42.2. The monoisotopic (exact) mass is 972 g/mol. The molecule has 0 aliphatic carbocycles. The summed E-state index contributed by atoms with van der Waals surface area (Å²) in [6.07, 6.45) is 9.31. The highest BCUT2D eigenvalue weighted by Gasteiger charge is 2.48. The number of hydrogen-bond acceptors (Lipinski definition) is 9. The maximum absolute atomic E-state index is 13.6. The van der Waals surface area contributed by atoms with E-state index in [2.05, 4.69) is 12.2 Å². The van der Waals surface area contributed by atoms with Crippen molar-refractivity contribution in [2.75, 3.05) is 6.61 Å². The number of aliphatic hydroxyl groups excluding tert-OH is 2. The molecule has 1 amide bonds. The third kappa shape index (κ3) is 20.6. The lowest BCUT2D eigenvalue weighted by Gasteiger charge is -2.46. The van der Waals surface area contributed by atoms with Gasteiger partial charge in [0.1, 0.15) is 37.1 Å². The Balaban J connectivity index is 1.21. The van der Waals surface area contributed by atoms with E-state index < -0.39 is 54.9 Å². The van der Waals surface area contributed by atoms with Gasteiger partial charge in [0.25, 0.3) is 0 Å². The summed E-state index contributed by atoms with van der Waals surface area (Å²) in [4.78, 5) is 13.6. The highest BCUT2D eigenvalue weighted by atomic mass is 16.6. The van der Waals surface area contributed by atoms with Crippen LogP contribution >= 0.6 is 0 Å². The van der Waals surface area contributed by atoms with Crippen molar-refractivity contribution in [1.82, 2.24) is 5.32 Å². The molecule has 0 saturated carbocycles. The van der Waals surface area contributed by atoms with Crippen molar-refractivity contribution >= 4 is 6.09 Å². The molecule has 71 heavy (non-hydrogen) atoms. The van der Waals surface area contributed by atoms with Crippen LogP contribution in [0.2, 0.25) is 0 Å². The molecule has 1 saturated heterocycles. The van der Waals surface area contributed by atoms with Gasteiger partial charge >= 0.3 is 6.09 Å². The van der Waals surface area contributed by atoms with E-state index in [-0.39, 0.29) is 26.2 Å². The molecule has 8 atom stereocenters. The number of nitrogens with one attached hydrogen (secondary N) is 1. The summed E-state index contributed by atoms with van der Waals surface area (Å²) < 4.78 is 40.0. The lowest BCUT2D eigenvalue weighted by Crippen LogP contribution is -2.61. The third-order valence-electron chi connectivity index (χ3n) is 13.4. The molecule has 1 aliphatic rings. The molecule has 0 spiro atoms. The number of aliphatic hydroxyl groups is 2. The molecule has 1 heterocycles. The number of carbonyl (C=O) groups excluding carboxylic acids is 1. The lowest BCUT2D eigenvalue weighted by atomic mass is 9.89. The molecule has 5 aromatic carbocycles. The van der Waals surface area contributed by atoms with E-state index in [4.69, 9.17) is 28.4 Å². The first-order chi connectivity index (χ1) is 35.0. The largest absolute Gasteiger partial charge is 0.445 e. The molecule has 1 aliphatic heterocycles. The minimum Gasteiger partial charge on any atom is -0.445 e. The molecule has 3 unspecified atom stereocenters. The van der Waals surface area contributed by atoms with Gasteiger partial charge in [-0.2, -0.15) is 0 Å². The Morgan fingerprint density at radius 1 is 0.493 bits per heavy atom. The molecule has 6 rings (SSSR count). The normalized spacial score (nSPS) is 19.2. The van der Waals surface area contributed by atoms with Crippen LogP contribution in [0.4, 0.5) is 4.79 Å². The number of carbonyl (C=O) groups is 1. The smallest absolute Gasteiger partial charge is 0.407 e. The van der Waals surface area contributed by atoms with E-state index in [1.165, 1.54) is 57.8 Å². The first-order valence-corrected chi connectivity index (χ1v) is 26.5. The summed E-state index contributed by atoms with van der Waals surface area (Å²) in [6, 6.07) is 48.7. The first-order valence-electron chi connectivity index (χ1n) is 26.5. The van der Waals surface area contributed by atoms with Gasteiger partial charge in [-0.3, -0.25) is 0 Å². The number of alkyl carbamates (subject to hydrolysis) is 1. The highest BCUT2D eigenvalue weighted by Crippen LogP contribution is 2.34. The standard InChI is InChI=1S/C61H81NO9/c1-2-3-4-5-6-7-8-9-10-11-12-28-39-54(63)57(64)53(62-61(65)70-46-52-37-26-17-27-38-52)40-41-55-58(67-43-49-31-20-14-21-32-49)60(69-45-51-35-24-16-25-36-51)59(68-44-50-33-22-15-23-34-50)56(71-55)47-66-42-48-29-18-13-19-30-48/h13-27,29-38,53-60,63-64H,2-12,28,39-47H2,1H3,(H,62,65)/t53-,54?,55+,56?,57-,58?,59-,60-/m0/s1. The second-order valence-electron chi connectivity index (χ2n) is 19.1. The van der Waals surface area contributed by atoms with Gasteiger partial charge in [-0.1, -0.05) is 236 Å². The van der Waals surface area contributed by atoms with Gasteiger partial charge < -0.3 is 44.0 Å². The molecule has 0 aromatic heterocycles. The molecular formula is C61H81NO9. The van der Waals surface area contributed by atoms with Crippen LogP contribution in [0.15, 0.2) is 152 Å². The predicted molar refractivity (Wildman–Crippen MR) is 280 cm³/mol. The Labute approximate surface area is 424 Å². The van der Waals surface area contributed by atoms with Crippen molar-refractivity contribution in [3.63, 3.8) is 0 Å². The van der Waals surface area contributed by atoms with Gasteiger partial charge in [0.2, 0.25) is 0 Å². The van der Waals surface area contributed by atoms with E-state index in [0.29, 0.717) is 32.7 Å². The fourth-order valence-corrected chi connectivity index (χ4v) is 9.34. The van der Waals surface area contributed by atoms with Crippen molar-refractivity contribution < 1.29 is 43.4 Å². The van der Waals surface area contributed by atoms with E-state index in [1.54, 1.807) is 0 Å². The van der Waals surface area contributed by atoms with Crippen molar-refractivity contribution in [3.05, 3.63) is 179 Å². The number of benzene rings is 5. The maximum atomic E-state index is 13.6. The summed E-state index contributed by atoms with van der Waals surface area (Å²) in [5, 5.41) is 26.4. The van der Waals surface area contributed by atoms with Gasteiger partial charge in [-0.15, -0.1) is 0 Å². The predicted octanol–water partition coefficient (Wildman–Crippen LogP) is 12.6. The van der Waals surface area contributed by atoms with E-state index in [0.717, 1.165) is 47.1 Å². The molecule has 10 nitrogen and oxygen atoms in total. The minimum absolute atomic E-state index is 0.0630. The Morgan fingerprint density at radius 2 is 0.887 bits per heavy atom. The zero-order valence-electron chi connectivity index (χ0n) is 42.2. The molecule has 3 N–H and O–H groups in total. The number of amides is 1. The van der Waals surface area contributed by atoms with Crippen molar-refractivity contribution in [1.29, 1.82) is 0 Å². The Kier molecular flexibility index (Phi) is 25.7.